The lowest BCUT2D eigenvalue weighted by Crippen LogP contribution is -2.40. The molecule has 57 heavy (non-hydrogen) atoms. The molecule has 0 N–H and O–H groups in total. The first-order chi connectivity index (χ1) is 27.9. The fraction of sp³-hybridized carbons (Fsp3) is 0.647. The summed E-state index contributed by atoms with van der Waals surface area (Å²) >= 11 is 0. The molecule has 0 saturated carbocycles. The molecule has 3 unspecified atom stereocenters. The summed E-state index contributed by atoms with van der Waals surface area (Å²) in [5.74, 6) is 3.24. The molecule has 6 nitrogen and oxygen atoms in total. The van der Waals surface area contributed by atoms with Gasteiger partial charge in [0.2, 0.25) is 0 Å². The lowest BCUT2D eigenvalue weighted by atomic mass is 9.86. The zero-order valence-corrected chi connectivity index (χ0v) is 37.8. The number of aryl methyl sites for hydroxylation is 3. The van der Waals surface area contributed by atoms with Crippen molar-refractivity contribution in [3.63, 3.8) is 0 Å². The van der Waals surface area contributed by atoms with Crippen LogP contribution in [0.5, 0.6) is 17.2 Å². The van der Waals surface area contributed by atoms with Crippen LogP contribution >= 0.6 is 0 Å². The summed E-state index contributed by atoms with van der Waals surface area (Å²) in [6.07, 6.45) is 18.4. The van der Waals surface area contributed by atoms with Crippen LogP contribution in [0.15, 0.2) is 54.6 Å². The maximum absolute atomic E-state index is 5.54. The molecular formula is C51H81N3O3. The summed E-state index contributed by atoms with van der Waals surface area (Å²) in [7, 11) is 5.36. The third kappa shape index (κ3) is 13.2. The fourth-order valence-corrected chi connectivity index (χ4v) is 9.87. The number of ether oxygens (including phenoxy) is 3. The van der Waals surface area contributed by atoms with Crippen molar-refractivity contribution in [1.29, 1.82) is 0 Å². The second kappa shape index (κ2) is 25.4. The topological polar surface area (TPSA) is 37.4 Å². The average molecular weight is 784 g/mol. The Balaban J connectivity index is 0.000000189. The lowest BCUT2D eigenvalue weighted by molar-refractivity contribution is 0.179. The zero-order chi connectivity index (χ0) is 41.0. The van der Waals surface area contributed by atoms with Crippen LogP contribution in [0.2, 0.25) is 0 Å². The number of methoxy groups -OCH3 is 3. The van der Waals surface area contributed by atoms with Gasteiger partial charge in [-0.25, -0.2) is 0 Å². The minimum absolute atomic E-state index is 0.698. The number of hydrogen-bond acceptors (Lipinski definition) is 6. The van der Waals surface area contributed by atoms with Crippen molar-refractivity contribution in [2.24, 2.45) is 0 Å². The summed E-state index contributed by atoms with van der Waals surface area (Å²) in [4.78, 5) is 8.03. The normalized spacial score (nSPS) is 18.4. The van der Waals surface area contributed by atoms with Crippen LogP contribution in [0.4, 0.5) is 0 Å². The van der Waals surface area contributed by atoms with E-state index in [2.05, 4.69) is 111 Å². The van der Waals surface area contributed by atoms with Crippen molar-refractivity contribution in [1.82, 2.24) is 14.7 Å². The van der Waals surface area contributed by atoms with Gasteiger partial charge in [-0.3, -0.25) is 0 Å². The number of benzene rings is 3. The van der Waals surface area contributed by atoms with Crippen molar-refractivity contribution < 1.29 is 14.2 Å². The summed E-state index contributed by atoms with van der Waals surface area (Å²) in [5.41, 5.74) is 8.80. The van der Waals surface area contributed by atoms with Crippen molar-refractivity contribution in [2.75, 3.05) is 60.6 Å². The van der Waals surface area contributed by atoms with Crippen LogP contribution in [0.25, 0.3) is 0 Å². The van der Waals surface area contributed by atoms with E-state index in [1.807, 2.05) is 0 Å². The highest BCUT2D eigenvalue weighted by molar-refractivity contribution is 5.44. The third-order valence-electron chi connectivity index (χ3n) is 12.5. The summed E-state index contributed by atoms with van der Waals surface area (Å²) in [6, 6.07) is 21.5. The molecule has 3 atom stereocenters. The van der Waals surface area contributed by atoms with E-state index in [1.54, 1.807) is 21.3 Å². The molecular weight excluding hydrogens is 703 g/mol. The van der Waals surface area contributed by atoms with Gasteiger partial charge in [0.25, 0.3) is 0 Å². The molecule has 0 radical (unpaired) electrons. The highest BCUT2D eigenvalue weighted by atomic mass is 16.5. The van der Waals surface area contributed by atoms with E-state index in [4.69, 9.17) is 14.2 Å². The molecule has 0 fully saturated rings. The van der Waals surface area contributed by atoms with Crippen LogP contribution in [-0.2, 0) is 38.5 Å². The Labute approximate surface area is 349 Å². The van der Waals surface area contributed by atoms with E-state index in [1.165, 1.54) is 150 Å². The van der Waals surface area contributed by atoms with Gasteiger partial charge in [-0.15, -0.1) is 0 Å². The van der Waals surface area contributed by atoms with Crippen LogP contribution in [0, 0.1) is 0 Å². The molecule has 3 aromatic rings. The van der Waals surface area contributed by atoms with Crippen LogP contribution < -0.4 is 14.2 Å². The summed E-state index contributed by atoms with van der Waals surface area (Å²) in [6.45, 7) is 21.0. The highest BCUT2D eigenvalue weighted by Gasteiger charge is 2.28. The molecule has 0 aromatic heterocycles. The first-order valence-corrected chi connectivity index (χ1v) is 23.1. The van der Waals surface area contributed by atoms with Crippen molar-refractivity contribution in [2.45, 2.75) is 156 Å². The van der Waals surface area contributed by atoms with Gasteiger partial charge in [-0.1, -0.05) is 77.9 Å². The van der Waals surface area contributed by atoms with E-state index >= 15 is 0 Å². The quantitative estimate of drug-likeness (QED) is 0.128. The first-order valence-electron chi connectivity index (χ1n) is 23.1. The maximum Gasteiger partial charge on any atom is 0.122 e. The molecule has 6 rings (SSSR count). The monoisotopic (exact) mass is 784 g/mol. The van der Waals surface area contributed by atoms with Crippen molar-refractivity contribution in [3.05, 3.63) is 88.0 Å². The molecule has 6 heteroatoms. The Morgan fingerprint density at radius 3 is 0.860 bits per heavy atom. The van der Waals surface area contributed by atoms with Gasteiger partial charge in [0.15, 0.2) is 0 Å². The second-order valence-electron chi connectivity index (χ2n) is 16.6. The second-order valence-corrected chi connectivity index (χ2v) is 16.6. The minimum atomic E-state index is 0.698. The standard InChI is InChI=1S/3C17H27NO/c3*1-4-11-18(12-5-2)15-10-9-14-7-6-8-17(19-3)16(14)13-15/h3*6-8,15H,4-5,9-13H2,1-3H3. The van der Waals surface area contributed by atoms with Gasteiger partial charge < -0.3 is 28.9 Å². The Morgan fingerprint density at radius 2 is 0.649 bits per heavy atom. The molecule has 0 saturated heterocycles. The molecule has 0 aliphatic heterocycles. The molecule has 0 heterocycles. The van der Waals surface area contributed by atoms with Gasteiger partial charge in [-0.2, -0.15) is 0 Å². The predicted molar refractivity (Wildman–Crippen MR) is 243 cm³/mol. The maximum atomic E-state index is 5.54. The summed E-state index contributed by atoms with van der Waals surface area (Å²) < 4.78 is 16.6. The molecule has 0 amide bonds. The SMILES string of the molecule is CCCN(CCC)C1CCc2cccc(OC)c2C1.CCCN(CCC)C1CCc2cccc(OC)c2C1.CCCN(CCC)C1CCc2cccc(OC)c2C1. The van der Waals surface area contributed by atoms with E-state index < -0.39 is 0 Å². The number of nitrogens with zero attached hydrogens (tertiary/aromatic N) is 3. The largest absolute Gasteiger partial charge is 0.496 e. The van der Waals surface area contributed by atoms with Crippen molar-refractivity contribution in [3.8, 4) is 17.2 Å². The molecule has 3 aliphatic carbocycles. The van der Waals surface area contributed by atoms with Gasteiger partial charge in [0.05, 0.1) is 21.3 Å². The molecule has 0 bridgehead atoms. The zero-order valence-electron chi connectivity index (χ0n) is 37.8. The summed E-state index contributed by atoms with van der Waals surface area (Å²) in [5, 5.41) is 0. The average Bonchev–Trinajstić information content (AvgIpc) is 3.25. The Morgan fingerprint density at radius 1 is 0.404 bits per heavy atom. The van der Waals surface area contributed by atoms with Gasteiger partial charge in [0, 0.05) is 18.1 Å². The lowest BCUT2D eigenvalue weighted by Gasteiger charge is -2.35. The Hall–Kier alpha value is -3.06. The first kappa shape index (κ1) is 46.6. The van der Waals surface area contributed by atoms with Gasteiger partial charge in [-0.05, 0) is 187 Å². The van der Waals surface area contributed by atoms with Crippen molar-refractivity contribution >= 4 is 0 Å². The molecule has 0 spiro atoms. The third-order valence-corrected chi connectivity index (χ3v) is 12.5. The fourth-order valence-electron chi connectivity index (χ4n) is 9.87. The van der Waals surface area contributed by atoms with Gasteiger partial charge >= 0.3 is 0 Å². The van der Waals surface area contributed by atoms with Gasteiger partial charge in [0.1, 0.15) is 17.2 Å². The van der Waals surface area contributed by atoms with E-state index in [0.29, 0.717) is 18.1 Å². The Kier molecular flexibility index (Phi) is 20.8. The smallest absolute Gasteiger partial charge is 0.122 e. The number of hydrogen-bond donors (Lipinski definition) is 0. The van der Waals surface area contributed by atoms with Crippen LogP contribution in [0.1, 0.15) is 133 Å². The van der Waals surface area contributed by atoms with E-state index in [9.17, 15) is 0 Å². The highest BCUT2D eigenvalue weighted by Crippen LogP contribution is 2.34. The predicted octanol–water partition coefficient (Wildman–Crippen LogP) is 11.0. The number of fused-ring (bicyclic) bond motifs is 3. The minimum Gasteiger partial charge on any atom is -0.496 e. The molecule has 3 aliphatic rings. The Bertz CT molecular complexity index is 1330. The molecule has 3 aromatic carbocycles. The van der Waals surface area contributed by atoms with Crippen LogP contribution in [-0.4, -0.2) is 93.4 Å². The number of rotatable bonds is 18. The van der Waals surface area contributed by atoms with E-state index in [0.717, 1.165) is 36.5 Å². The van der Waals surface area contributed by atoms with Crippen LogP contribution in [0.3, 0.4) is 0 Å². The molecule has 318 valence electrons. The van der Waals surface area contributed by atoms with E-state index in [-0.39, 0.29) is 0 Å².